The lowest BCUT2D eigenvalue weighted by molar-refractivity contribution is -0.128. The molecule has 0 aliphatic carbocycles. The van der Waals surface area contributed by atoms with Gasteiger partial charge in [0.25, 0.3) is 0 Å². The lowest BCUT2D eigenvalue weighted by Crippen LogP contribution is -2.50. The Labute approximate surface area is 222 Å². The molecule has 0 aliphatic rings. The van der Waals surface area contributed by atoms with Crippen LogP contribution >= 0.6 is 0 Å². The van der Waals surface area contributed by atoms with Crippen molar-refractivity contribution in [3.05, 3.63) is 77.9 Å². The highest BCUT2D eigenvalue weighted by Gasteiger charge is 2.37. The van der Waals surface area contributed by atoms with Crippen LogP contribution in [0.25, 0.3) is 11.0 Å². The average Bonchev–Trinajstić information content (AvgIpc) is 3.28. The number of amides is 2. The predicted octanol–water partition coefficient (Wildman–Crippen LogP) is 4.45. The number of hydrogen-bond donors (Lipinski definition) is 1. The molecular formula is C29H33N5O4. The number of ether oxygens (including phenoxy) is 2. The summed E-state index contributed by atoms with van der Waals surface area (Å²) in [5.41, 5.74) is 2.85. The molecule has 0 saturated heterocycles. The zero-order valence-electron chi connectivity index (χ0n) is 22.6. The number of nitrogens with one attached hydrogen (secondary N) is 1. The number of carbonyl (C=O) groups is 2. The number of aromatic nitrogens is 3. The Kier molecular flexibility index (Phi) is 7.66. The van der Waals surface area contributed by atoms with Crippen LogP contribution in [0.2, 0.25) is 0 Å². The maximum absolute atomic E-state index is 14.2. The van der Waals surface area contributed by atoms with Crippen molar-refractivity contribution in [1.82, 2.24) is 20.3 Å². The van der Waals surface area contributed by atoms with Gasteiger partial charge in [0.2, 0.25) is 11.8 Å². The van der Waals surface area contributed by atoms with Gasteiger partial charge < -0.3 is 14.8 Å². The van der Waals surface area contributed by atoms with E-state index in [4.69, 9.17) is 9.47 Å². The SMILES string of the molecule is COc1cccc([C@@H](C(=O)NC(C)(C)C)N(C(=O)Cn2nnc3ccccc32)c2cccc(C)c2)c1OC. The van der Waals surface area contributed by atoms with E-state index in [-0.39, 0.29) is 18.4 Å². The third-order valence-corrected chi connectivity index (χ3v) is 5.99. The van der Waals surface area contributed by atoms with Gasteiger partial charge in [-0.15, -0.1) is 5.10 Å². The molecule has 0 unspecified atom stereocenters. The summed E-state index contributed by atoms with van der Waals surface area (Å²) in [5, 5.41) is 11.4. The van der Waals surface area contributed by atoms with E-state index in [2.05, 4.69) is 15.6 Å². The summed E-state index contributed by atoms with van der Waals surface area (Å²) in [5.74, 6) is 0.130. The minimum absolute atomic E-state index is 0.125. The van der Waals surface area contributed by atoms with E-state index in [1.54, 1.807) is 22.9 Å². The van der Waals surface area contributed by atoms with Gasteiger partial charge in [0.15, 0.2) is 11.5 Å². The van der Waals surface area contributed by atoms with Gasteiger partial charge in [0.05, 0.1) is 19.7 Å². The molecule has 4 aromatic rings. The van der Waals surface area contributed by atoms with E-state index in [0.717, 1.165) is 11.1 Å². The zero-order valence-corrected chi connectivity index (χ0v) is 22.6. The first-order valence-corrected chi connectivity index (χ1v) is 12.3. The van der Waals surface area contributed by atoms with Gasteiger partial charge in [-0.2, -0.15) is 0 Å². The highest BCUT2D eigenvalue weighted by molar-refractivity contribution is 6.02. The van der Waals surface area contributed by atoms with Crippen LogP contribution < -0.4 is 19.7 Å². The van der Waals surface area contributed by atoms with Crippen molar-refractivity contribution in [3.8, 4) is 11.5 Å². The van der Waals surface area contributed by atoms with Crippen LogP contribution in [0.1, 0.15) is 37.9 Å². The van der Waals surface area contributed by atoms with Crippen molar-refractivity contribution in [3.63, 3.8) is 0 Å². The van der Waals surface area contributed by atoms with Gasteiger partial charge in [-0.25, -0.2) is 4.68 Å². The molecule has 4 rings (SSSR count). The predicted molar refractivity (Wildman–Crippen MR) is 146 cm³/mol. The number of benzene rings is 3. The third kappa shape index (κ3) is 5.61. The smallest absolute Gasteiger partial charge is 0.249 e. The van der Waals surface area contributed by atoms with Gasteiger partial charge in [0, 0.05) is 16.8 Å². The summed E-state index contributed by atoms with van der Waals surface area (Å²) in [6, 6.07) is 19.1. The quantitative estimate of drug-likeness (QED) is 0.372. The molecule has 9 nitrogen and oxygen atoms in total. The summed E-state index contributed by atoms with van der Waals surface area (Å²) in [6.07, 6.45) is 0. The molecule has 2 amide bonds. The number of methoxy groups -OCH3 is 2. The summed E-state index contributed by atoms with van der Waals surface area (Å²) in [6.45, 7) is 7.49. The van der Waals surface area contributed by atoms with Crippen molar-refractivity contribution in [2.24, 2.45) is 0 Å². The van der Waals surface area contributed by atoms with Crippen molar-refractivity contribution in [1.29, 1.82) is 0 Å². The maximum Gasteiger partial charge on any atom is 0.249 e. The lowest BCUT2D eigenvalue weighted by Gasteiger charge is -2.34. The number of fused-ring (bicyclic) bond motifs is 1. The molecule has 0 saturated carbocycles. The first kappa shape index (κ1) is 26.7. The van der Waals surface area contributed by atoms with Crippen molar-refractivity contribution < 1.29 is 19.1 Å². The molecule has 1 N–H and O–H groups in total. The largest absolute Gasteiger partial charge is 0.493 e. The van der Waals surface area contributed by atoms with E-state index in [0.29, 0.717) is 28.3 Å². The second-order valence-electron chi connectivity index (χ2n) is 10.1. The minimum Gasteiger partial charge on any atom is -0.493 e. The molecule has 0 fully saturated rings. The van der Waals surface area contributed by atoms with E-state index in [9.17, 15) is 9.59 Å². The van der Waals surface area contributed by atoms with Crippen LogP contribution in [0.4, 0.5) is 5.69 Å². The molecule has 38 heavy (non-hydrogen) atoms. The number of carbonyl (C=O) groups excluding carboxylic acids is 2. The molecule has 1 atom stereocenters. The monoisotopic (exact) mass is 515 g/mol. The Balaban J connectivity index is 1.90. The first-order chi connectivity index (χ1) is 18.1. The van der Waals surface area contributed by atoms with Crippen molar-refractivity contribution in [2.45, 2.75) is 45.8 Å². The normalized spacial score (nSPS) is 12.2. The number of para-hydroxylation sites is 2. The molecule has 1 heterocycles. The number of aryl methyl sites for hydroxylation is 1. The van der Waals surface area contributed by atoms with Gasteiger partial charge in [-0.05, 0) is 63.6 Å². The lowest BCUT2D eigenvalue weighted by atomic mass is 9.99. The van der Waals surface area contributed by atoms with Crippen molar-refractivity contribution >= 4 is 28.5 Å². The fourth-order valence-electron chi connectivity index (χ4n) is 4.42. The van der Waals surface area contributed by atoms with Crippen molar-refractivity contribution in [2.75, 3.05) is 19.1 Å². The Morgan fingerprint density at radius 1 is 1.00 bits per heavy atom. The molecule has 0 bridgehead atoms. The summed E-state index contributed by atoms with van der Waals surface area (Å²) in [7, 11) is 3.05. The van der Waals surface area contributed by atoms with E-state index in [1.807, 2.05) is 76.2 Å². The standard InChI is InChI=1S/C29H33N5O4/c1-19-11-9-12-20(17-19)34(25(35)18-33-23-15-8-7-14-22(23)31-32-33)26(28(36)30-29(2,3)4)21-13-10-16-24(37-5)27(21)38-6/h7-17,26H,18H2,1-6H3,(H,30,36)/t26-/m0/s1. The molecule has 0 spiro atoms. The fourth-order valence-corrected chi connectivity index (χ4v) is 4.42. The summed E-state index contributed by atoms with van der Waals surface area (Å²) >= 11 is 0. The maximum atomic E-state index is 14.2. The third-order valence-electron chi connectivity index (χ3n) is 5.99. The Morgan fingerprint density at radius 2 is 1.74 bits per heavy atom. The molecule has 3 aromatic carbocycles. The number of rotatable bonds is 8. The number of hydrogen-bond acceptors (Lipinski definition) is 6. The van der Waals surface area contributed by atoms with Crippen LogP contribution in [0, 0.1) is 6.92 Å². The van der Waals surface area contributed by atoms with Crippen LogP contribution in [-0.4, -0.2) is 46.6 Å². The summed E-state index contributed by atoms with van der Waals surface area (Å²) in [4.78, 5) is 29.7. The Hall–Kier alpha value is -4.40. The molecule has 9 heteroatoms. The van der Waals surface area contributed by atoms with Crippen LogP contribution in [0.3, 0.4) is 0 Å². The van der Waals surface area contributed by atoms with Crippen LogP contribution in [0.5, 0.6) is 11.5 Å². The molecule has 0 radical (unpaired) electrons. The molecule has 0 aliphatic heterocycles. The van der Waals surface area contributed by atoms with Crippen LogP contribution in [0.15, 0.2) is 66.7 Å². The minimum atomic E-state index is -1.07. The first-order valence-electron chi connectivity index (χ1n) is 12.3. The van der Waals surface area contributed by atoms with Crippen LogP contribution in [-0.2, 0) is 16.1 Å². The van der Waals surface area contributed by atoms with E-state index in [1.165, 1.54) is 19.1 Å². The molecule has 198 valence electrons. The Morgan fingerprint density at radius 3 is 2.42 bits per heavy atom. The number of nitrogens with zero attached hydrogens (tertiary/aromatic N) is 4. The average molecular weight is 516 g/mol. The van der Waals surface area contributed by atoms with E-state index >= 15 is 0 Å². The number of anilines is 1. The second kappa shape index (κ2) is 10.9. The van der Waals surface area contributed by atoms with Gasteiger partial charge in [-0.1, -0.05) is 41.6 Å². The highest BCUT2D eigenvalue weighted by atomic mass is 16.5. The molecular weight excluding hydrogens is 482 g/mol. The van der Waals surface area contributed by atoms with Gasteiger partial charge in [-0.3, -0.25) is 14.5 Å². The Bertz CT molecular complexity index is 1460. The highest BCUT2D eigenvalue weighted by Crippen LogP contribution is 2.39. The second-order valence-corrected chi connectivity index (χ2v) is 10.1. The summed E-state index contributed by atoms with van der Waals surface area (Å²) < 4.78 is 12.8. The van der Waals surface area contributed by atoms with E-state index < -0.39 is 11.6 Å². The topological polar surface area (TPSA) is 98.6 Å². The molecule has 1 aromatic heterocycles. The van der Waals surface area contributed by atoms with Gasteiger partial charge >= 0.3 is 0 Å². The zero-order chi connectivity index (χ0) is 27.4. The van der Waals surface area contributed by atoms with Gasteiger partial charge in [0.1, 0.15) is 18.1 Å². The fraction of sp³-hybridized carbons (Fsp3) is 0.310.